The van der Waals surface area contributed by atoms with Gasteiger partial charge < -0.3 is 9.72 Å². The number of aromatic amines is 1. The molecule has 1 aromatic heterocycles. The van der Waals surface area contributed by atoms with Crippen molar-refractivity contribution in [1.29, 1.82) is 0 Å². The van der Waals surface area contributed by atoms with Gasteiger partial charge in [0.1, 0.15) is 10.0 Å². The van der Waals surface area contributed by atoms with Crippen LogP contribution in [0.15, 0.2) is 16.1 Å². The molecule has 0 fully saturated rings. The molecule has 5 nitrogen and oxygen atoms in total. The molecule has 0 aromatic carbocycles. The zero-order valence-corrected chi connectivity index (χ0v) is 10.4. The van der Waals surface area contributed by atoms with Crippen molar-refractivity contribution >= 4 is 29.3 Å². The van der Waals surface area contributed by atoms with Crippen molar-refractivity contribution in [1.82, 2.24) is 9.97 Å². The topological polar surface area (TPSA) is 72.0 Å². The average Bonchev–Trinajstić information content (AvgIpc) is 2.24. The van der Waals surface area contributed by atoms with Gasteiger partial charge in [-0.15, -0.1) is 11.8 Å². The van der Waals surface area contributed by atoms with Crippen LogP contribution in [-0.2, 0) is 9.53 Å². The quantitative estimate of drug-likeness (QED) is 0.505. The van der Waals surface area contributed by atoms with Crippen LogP contribution in [0.25, 0.3) is 0 Å². The third-order valence-electron chi connectivity index (χ3n) is 1.76. The number of aromatic nitrogens is 2. The monoisotopic (exact) mass is 262 g/mol. The summed E-state index contributed by atoms with van der Waals surface area (Å²) in [7, 11) is 1.33. The van der Waals surface area contributed by atoms with E-state index in [0.717, 1.165) is 0 Å². The van der Waals surface area contributed by atoms with Crippen molar-refractivity contribution in [2.45, 2.75) is 23.6 Å². The average molecular weight is 263 g/mol. The van der Waals surface area contributed by atoms with Crippen LogP contribution < -0.4 is 5.56 Å². The summed E-state index contributed by atoms with van der Waals surface area (Å²) in [5, 5.41) is 0.408. The number of carbonyl (C=O) groups excluding carboxylic acids is 1. The summed E-state index contributed by atoms with van der Waals surface area (Å²) in [4.78, 5) is 28.5. The van der Waals surface area contributed by atoms with E-state index in [1.54, 1.807) is 0 Å². The Balaban J connectivity index is 2.70. The van der Waals surface area contributed by atoms with Gasteiger partial charge in [0.05, 0.1) is 19.9 Å². The van der Waals surface area contributed by atoms with Crippen LogP contribution in [0.4, 0.5) is 0 Å². The van der Waals surface area contributed by atoms with Crippen molar-refractivity contribution in [2.75, 3.05) is 7.11 Å². The number of ether oxygens (including phenoxy) is 1. The highest BCUT2D eigenvalue weighted by molar-refractivity contribution is 8.00. The predicted octanol–water partition coefficient (Wildman–Crippen LogP) is 1.47. The molecule has 1 N–H and O–H groups in total. The van der Waals surface area contributed by atoms with Gasteiger partial charge in [-0.05, 0) is 0 Å². The fourth-order valence-electron chi connectivity index (χ4n) is 0.999. The van der Waals surface area contributed by atoms with Crippen molar-refractivity contribution in [3.8, 4) is 0 Å². The number of nitrogens with zero attached hydrogens (tertiary/aromatic N) is 1. The first-order chi connectivity index (χ1) is 7.54. The smallest absolute Gasteiger partial charge is 0.306 e. The summed E-state index contributed by atoms with van der Waals surface area (Å²) in [5.41, 5.74) is -0.385. The SMILES string of the molecule is COC(=O)CC(C)Sc1nc[nH]c(=O)c1Cl. The number of H-pyrrole nitrogens is 1. The highest BCUT2D eigenvalue weighted by atomic mass is 35.5. The molecule has 0 aliphatic heterocycles. The molecule has 0 aliphatic rings. The molecular formula is C9H11ClN2O3S. The lowest BCUT2D eigenvalue weighted by atomic mass is 10.3. The van der Waals surface area contributed by atoms with Gasteiger partial charge in [-0.3, -0.25) is 9.59 Å². The molecule has 1 rings (SSSR count). The van der Waals surface area contributed by atoms with E-state index in [4.69, 9.17) is 11.6 Å². The lowest BCUT2D eigenvalue weighted by Gasteiger charge is -2.09. The van der Waals surface area contributed by atoms with Gasteiger partial charge in [0, 0.05) is 5.25 Å². The zero-order chi connectivity index (χ0) is 12.1. The van der Waals surface area contributed by atoms with Crippen molar-refractivity contribution in [3.05, 3.63) is 21.7 Å². The molecule has 16 heavy (non-hydrogen) atoms. The van der Waals surface area contributed by atoms with Gasteiger partial charge in [0.25, 0.3) is 5.56 Å². The maximum atomic E-state index is 11.2. The summed E-state index contributed by atoms with van der Waals surface area (Å²) in [6.45, 7) is 1.83. The van der Waals surface area contributed by atoms with Crippen LogP contribution in [0.2, 0.25) is 5.02 Å². The molecule has 1 atom stereocenters. The van der Waals surface area contributed by atoms with Crippen molar-refractivity contribution in [2.24, 2.45) is 0 Å². The highest BCUT2D eigenvalue weighted by Crippen LogP contribution is 2.27. The first kappa shape index (κ1) is 13.1. The summed E-state index contributed by atoms with van der Waals surface area (Å²) in [6, 6.07) is 0. The maximum absolute atomic E-state index is 11.2. The number of esters is 1. The van der Waals surface area contributed by atoms with Gasteiger partial charge in [-0.2, -0.15) is 0 Å². The maximum Gasteiger partial charge on any atom is 0.306 e. The number of hydrogen-bond acceptors (Lipinski definition) is 5. The summed E-state index contributed by atoms with van der Waals surface area (Å²) >= 11 is 7.03. The highest BCUT2D eigenvalue weighted by Gasteiger charge is 2.14. The van der Waals surface area contributed by atoms with Crippen LogP contribution in [0.5, 0.6) is 0 Å². The summed E-state index contributed by atoms with van der Waals surface area (Å²) < 4.78 is 4.54. The van der Waals surface area contributed by atoms with E-state index in [9.17, 15) is 9.59 Å². The molecule has 0 saturated heterocycles. The lowest BCUT2D eigenvalue weighted by molar-refractivity contribution is -0.140. The molecule has 88 valence electrons. The minimum atomic E-state index is -0.385. The molecule has 1 heterocycles. The Kier molecular flexibility index (Phi) is 4.82. The number of rotatable bonds is 4. The molecule has 0 saturated carbocycles. The molecule has 1 unspecified atom stereocenters. The lowest BCUT2D eigenvalue weighted by Crippen LogP contribution is -2.11. The zero-order valence-electron chi connectivity index (χ0n) is 8.82. The van der Waals surface area contributed by atoms with E-state index < -0.39 is 0 Å². The summed E-state index contributed by atoms with van der Waals surface area (Å²) in [5.74, 6) is -0.305. The Morgan fingerprint density at radius 2 is 2.44 bits per heavy atom. The van der Waals surface area contributed by atoms with Gasteiger partial charge >= 0.3 is 5.97 Å². The number of hydrogen-bond donors (Lipinski definition) is 1. The predicted molar refractivity (Wildman–Crippen MR) is 61.8 cm³/mol. The second-order valence-corrected chi connectivity index (χ2v) is 4.86. The number of carbonyl (C=O) groups is 1. The first-order valence-corrected chi connectivity index (χ1v) is 5.77. The second kappa shape index (κ2) is 5.91. The molecule has 0 radical (unpaired) electrons. The second-order valence-electron chi connectivity index (χ2n) is 3.06. The van der Waals surface area contributed by atoms with Crippen molar-refractivity contribution in [3.63, 3.8) is 0 Å². The molecular weight excluding hydrogens is 252 g/mol. The fraction of sp³-hybridized carbons (Fsp3) is 0.444. The Bertz CT molecular complexity index is 435. The van der Waals surface area contributed by atoms with E-state index >= 15 is 0 Å². The first-order valence-electron chi connectivity index (χ1n) is 4.51. The van der Waals surface area contributed by atoms with Crippen molar-refractivity contribution < 1.29 is 9.53 Å². The Morgan fingerprint density at radius 3 is 3.06 bits per heavy atom. The molecule has 1 aromatic rings. The number of methoxy groups -OCH3 is 1. The van der Waals surface area contributed by atoms with E-state index in [-0.39, 0.29) is 28.2 Å². The normalized spacial score (nSPS) is 12.2. The Hall–Kier alpha value is -1.01. The van der Waals surface area contributed by atoms with Crippen LogP contribution in [0.3, 0.4) is 0 Å². The van der Waals surface area contributed by atoms with E-state index in [2.05, 4.69) is 14.7 Å². The third-order valence-corrected chi connectivity index (χ3v) is 3.32. The van der Waals surface area contributed by atoms with Crippen LogP contribution in [0.1, 0.15) is 13.3 Å². The number of halogens is 1. The molecule has 0 bridgehead atoms. The van der Waals surface area contributed by atoms with Gasteiger partial charge in [0.15, 0.2) is 0 Å². The number of thioether (sulfide) groups is 1. The molecule has 0 amide bonds. The summed E-state index contributed by atoms with van der Waals surface area (Å²) in [6.07, 6.45) is 1.52. The van der Waals surface area contributed by atoms with Gasteiger partial charge in [-0.25, -0.2) is 4.98 Å². The molecule has 0 spiro atoms. The Labute approximate surface area is 102 Å². The van der Waals surface area contributed by atoms with Gasteiger partial charge in [-0.1, -0.05) is 18.5 Å². The van der Waals surface area contributed by atoms with Crippen LogP contribution in [-0.4, -0.2) is 28.3 Å². The minimum Gasteiger partial charge on any atom is -0.469 e. The largest absolute Gasteiger partial charge is 0.469 e. The van der Waals surface area contributed by atoms with E-state index in [0.29, 0.717) is 5.03 Å². The molecule has 0 aliphatic carbocycles. The van der Waals surface area contributed by atoms with Gasteiger partial charge in [0.2, 0.25) is 0 Å². The minimum absolute atomic E-state index is 0.0456. The standard InChI is InChI=1S/C9H11ClN2O3S/c1-5(3-6(13)15-2)16-9-7(10)8(14)11-4-12-9/h4-5H,3H2,1-2H3,(H,11,12,14). The van der Waals surface area contributed by atoms with Crippen LogP contribution in [0, 0.1) is 0 Å². The van der Waals surface area contributed by atoms with E-state index in [1.165, 1.54) is 25.2 Å². The van der Waals surface area contributed by atoms with E-state index in [1.807, 2.05) is 6.92 Å². The Morgan fingerprint density at radius 1 is 1.75 bits per heavy atom. The number of nitrogens with one attached hydrogen (secondary N) is 1. The van der Waals surface area contributed by atoms with Crippen LogP contribution >= 0.6 is 23.4 Å². The fourth-order valence-corrected chi connectivity index (χ4v) is 2.15. The third kappa shape index (κ3) is 3.53. The molecule has 7 heteroatoms.